The van der Waals surface area contributed by atoms with Crippen molar-refractivity contribution < 1.29 is 13.9 Å². The lowest BCUT2D eigenvalue weighted by atomic mass is 10.3. The van der Waals surface area contributed by atoms with E-state index in [4.69, 9.17) is 9.47 Å². The number of benzene rings is 2. The fourth-order valence-electron chi connectivity index (χ4n) is 2.62. The van der Waals surface area contributed by atoms with Gasteiger partial charge < -0.3 is 14.8 Å². The molecule has 0 spiro atoms. The molecule has 5 rings (SSSR count). The van der Waals surface area contributed by atoms with Gasteiger partial charge in [0, 0.05) is 12.1 Å². The highest BCUT2D eigenvalue weighted by atomic mass is 19.1. The van der Waals surface area contributed by atoms with E-state index < -0.39 is 0 Å². The molecule has 2 aromatic heterocycles. The van der Waals surface area contributed by atoms with Crippen molar-refractivity contribution in [2.75, 3.05) is 12.1 Å². The van der Waals surface area contributed by atoms with Crippen LogP contribution in [-0.4, -0.2) is 26.4 Å². The minimum absolute atomic E-state index is 0.207. The van der Waals surface area contributed by atoms with Crippen LogP contribution in [0.15, 0.2) is 36.4 Å². The number of fused-ring (bicyclic) bond motifs is 4. The normalized spacial score (nSPS) is 13.1. The van der Waals surface area contributed by atoms with Crippen LogP contribution in [0, 0.1) is 5.82 Å². The summed E-state index contributed by atoms with van der Waals surface area (Å²) in [5.41, 5.74) is 1.88. The molecule has 0 saturated carbocycles. The molecule has 1 aliphatic rings. The van der Waals surface area contributed by atoms with Gasteiger partial charge in [0.05, 0.1) is 16.7 Å². The molecule has 0 radical (unpaired) electrons. The molecular weight excluding hydrogens is 301 g/mol. The van der Waals surface area contributed by atoms with Crippen LogP contribution in [0.2, 0.25) is 0 Å². The van der Waals surface area contributed by atoms with Crippen molar-refractivity contribution in [1.29, 1.82) is 0 Å². The van der Waals surface area contributed by atoms with E-state index in [-0.39, 0.29) is 12.6 Å². The number of nitrogens with zero attached hydrogens (tertiary/aromatic N) is 3. The van der Waals surface area contributed by atoms with Gasteiger partial charge in [-0.1, -0.05) is 12.1 Å². The second-order valence-electron chi connectivity index (χ2n) is 5.12. The quantitative estimate of drug-likeness (QED) is 0.595. The Kier molecular flexibility index (Phi) is 2.32. The van der Waals surface area contributed by atoms with E-state index >= 15 is 0 Å². The summed E-state index contributed by atoms with van der Waals surface area (Å²) in [5, 5.41) is 5.96. The van der Waals surface area contributed by atoms with Crippen LogP contribution in [-0.2, 0) is 0 Å². The van der Waals surface area contributed by atoms with E-state index in [9.17, 15) is 4.39 Å². The molecule has 0 aliphatic carbocycles. The van der Waals surface area contributed by atoms with E-state index in [1.807, 2.05) is 12.1 Å². The minimum atomic E-state index is -0.352. The molecule has 0 fully saturated rings. The maximum absolute atomic E-state index is 13.7. The Hall–Kier alpha value is -3.29. The zero-order chi connectivity index (χ0) is 15.4. The molecule has 0 unspecified atom stereocenters. The van der Waals surface area contributed by atoms with Crippen LogP contribution in [0.1, 0.15) is 0 Å². The number of H-pyrrole nitrogens is 1. The first-order chi connectivity index (χ1) is 11.3. The number of halogens is 1. The highest BCUT2D eigenvalue weighted by molar-refractivity contribution is 5.83. The number of aromatic nitrogens is 4. The number of hydrogen-bond donors (Lipinski definition) is 2. The van der Waals surface area contributed by atoms with E-state index in [1.54, 1.807) is 22.7 Å². The molecule has 23 heavy (non-hydrogen) atoms. The number of hydrogen-bond acceptors (Lipinski definition) is 5. The highest BCUT2D eigenvalue weighted by Gasteiger charge is 2.18. The lowest BCUT2D eigenvalue weighted by Crippen LogP contribution is -1.96. The van der Waals surface area contributed by atoms with Gasteiger partial charge in [-0.25, -0.2) is 13.9 Å². The fourth-order valence-corrected chi connectivity index (χ4v) is 2.62. The van der Waals surface area contributed by atoms with Gasteiger partial charge in [0.25, 0.3) is 5.78 Å². The topological polar surface area (TPSA) is 76.5 Å². The largest absolute Gasteiger partial charge is 0.454 e. The van der Waals surface area contributed by atoms with Gasteiger partial charge in [-0.2, -0.15) is 4.98 Å². The third-order valence-electron chi connectivity index (χ3n) is 3.69. The van der Waals surface area contributed by atoms with Crippen molar-refractivity contribution in [2.45, 2.75) is 0 Å². The Bertz CT molecular complexity index is 1050. The maximum Gasteiger partial charge on any atom is 0.253 e. The molecule has 2 N–H and O–H groups in total. The number of aromatic amines is 1. The summed E-state index contributed by atoms with van der Waals surface area (Å²) in [4.78, 5) is 8.76. The first-order valence-electron chi connectivity index (χ1n) is 6.97. The molecule has 0 atom stereocenters. The maximum atomic E-state index is 13.7. The third kappa shape index (κ3) is 1.81. The Labute approximate surface area is 128 Å². The Morgan fingerprint density at radius 3 is 2.83 bits per heavy atom. The van der Waals surface area contributed by atoms with Crippen LogP contribution < -0.4 is 14.8 Å². The molecule has 0 saturated heterocycles. The van der Waals surface area contributed by atoms with E-state index in [0.29, 0.717) is 28.9 Å². The van der Waals surface area contributed by atoms with Crippen molar-refractivity contribution in [1.82, 2.24) is 19.6 Å². The van der Waals surface area contributed by atoms with E-state index in [2.05, 4.69) is 20.4 Å². The zero-order valence-electron chi connectivity index (χ0n) is 11.7. The smallest absolute Gasteiger partial charge is 0.253 e. The summed E-state index contributed by atoms with van der Waals surface area (Å²) in [7, 11) is 0. The molecule has 1 aliphatic heterocycles. The van der Waals surface area contributed by atoms with Crippen LogP contribution in [0.4, 0.5) is 16.0 Å². The Morgan fingerprint density at radius 1 is 1.13 bits per heavy atom. The van der Waals surface area contributed by atoms with Gasteiger partial charge >= 0.3 is 0 Å². The van der Waals surface area contributed by atoms with Gasteiger partial charge in [0.2, 0.25) is 12.7 Å². The number of anilines is 2. The van der Waals surface area contributed by atoms with Crippen molar-refractivity contribution >= 4 is 28.4 Å². The summed E-state index contributed by atoms with van der Waals surface area (Å²) in [6.45, 7) is 0.207. The molecular formula is C15H10FN5O2. The number of nitrogens with one attached hydrogen (secondary N) is 2. The predicted molar refractivity (Wildman–Crippen MR) is 80.6 cm³/mol. The number of para-hydroxylation sites is 1. The summed E-state index contributed by atoms with van der Waals surface area (Å²) >= 11 is 0. The van der Waals surface area contributed by atoms with Gasteiger partial charge in [0.1, 0.15) is 5.82 Å². The van der Waals surface area contributed by atoms with Crippen LogP contribution >= 0.6 is 0 Å². The summed E-state index contributed by atoms with van der Waals surface area (Å²) in [5.74, 6) is 1.86. The second kappa shape index (κ2) is 4.35. The molecule has 4 aromatic rings. The highest BCUT2D eigenvalue weighted by Crippen LogP contribution is 2.36. The van der Waals surface area contributed by atoms with Gasteiger partial charge in [-0.05, 0) is 12.1 Å². The average Bonchev–Trinajstić information content (AvgIpc) is 3.21. The standard InChI is InChI=1S/C15H10FN5O2/c16-8-3-1-2-4-9(8)17-14-19-15-18-10-5-12-13(23-7-22-12)6-11(10)21(15)20-14/h1-6H,7H2,(H2,17,18,19,20). The zero-order valence-corrected chi connectivity index (χ0v) is 11.7. The molecule has 0 bridgehead atoms. The lowest BCUT2D eigenvalue weighted by Gasteiger charge is -2.03. The summed E-state index contributed by atoms with van der Waals surface area (Å²) < 4.78 is 26.1. The second-order valence-corrected chi connectivity index (χ2v) is 5.12. The Morgan fingerprint density at radius 2 is 1.96 bits per heavy atom. The van der Waals surface area contributed by atoms with E-state index in [0.717, 1.165) is 11.0 Å². The first-order valence-corrected chi connectivity index (χ1v) is 6.97. The molecule has 114 valence electrons. The minimum Gasteiger partial charge on any atom is -0.454 e. The molecule has 3 heterocycles. The third-order valence-corrected chi connectivity index (χ3v) is 3.69. The Balaban J connectivity index is 1.61. The number of imidazole rings is 1. The van der Waals surface area contributed by atoms with Crippen molar-refractivity contribution in [2.24, 2.45) is 0 Å². The van der Waals surface area contributed by atoms with Crippen LogP contribution in [0.25, 0.3) is 16.8 Å². The van der Waals surface area contributed by atoms with Gasteiger partial charge in [-0.15, -0.1) is 0 Å². The van der Waals surface area contributed by atoms with Crippen molar-refractivity contribution in [3.8, 4) is 11.5 Å². The molecule has 2 aromatic carbocycles. The van der Waals surface area contributed by atoms with Crippen LogP contribution in [0.3, 0.4) is 0 Å². The van der Waals surface area contributed by atoms with Crippen molar-refractivity contribution in [3.63, 3.8) is 0 Å². The number of ether oxygens (including phenoxy) is 2. The SMILES string of the molecule is Fc1ccccc1Nc1nc2nc3cc4c(cc3n2[nH]1)OCO4. The fraction of sp³-hybridized carbons (Fsp3) is 0.0667. The predicted octanol–water partition coefficient (Wildman–Crippen LogP) is 2.82. The van der Waals surface area contributed by atoms with Crippen molar-refractivity contribution in [3.05, 3.63) is 42.2 Å². The first kappa shape index (κ1) is 12.3. The van der Waals surface area contributed by atoms with Crippen LogP contribution in [0.5, 0.6) is 11.5 Å². The average molecular weight is 311 g/mol. The molecule has 0 amide bonds. The molecule has 7 nitrogen and oxygen atoms in total. The van der Waals surface area contributed by atoms with E-state index in [1.165, 1.54) is 6.07 Å². The number of rotatable bonds is 2. The monoisotopic (exact) mass is 311 g/mol. The molecule has 8 heteroatoms. The van der Waals surface area contributed by atoms with Gasteiger partial charge in [-0.3, -0.25) is 5.10 Å². The lowest BCUT2D eigenvalue weighted by molar-refractivity contribution is 0.174. The summed E-state index contributed by atoms with van der Waals surface area (Å²) in [6.07, 6.45) is 0. The summed E-state index contributed by atoms with van der Waals surface area (Å²) in [6, 6.07) is 10.0. The van der Waals surface area contributed by atoms with Gasteiger partial charge in [0.15, 0.2) is 11.5 Å².